The van der Waals surface area contributed by atoms with Gasteiger partial charge in [0.05, 0.1) is 0 Å². The van der Waals surface area contributed by atoms with Gasteiger partial charge in [-0.2, -0.15) is 11.3 Å². The SMILES string of the molecule is CC(Cc1csc2ccccc12)NC(=O)C=Cc1ccsc1. The molecule has 1 amide bonds. The molecule has 0 radical (unpaired) electrons. The zero-order valence-corrected chi connectivity index (χ0v) is 13.9. The molecule has 0 bridgehead atoms. The first-order valence-corrected chi connectivity index (χ1v) is 9.00. The van der Waals surface area contributed by atoms with Crippen molar-refractivity contribution in [1.82, 2.24) is 5.32 Å². The number of carbonyl (C=O) groups is 1. The lowest BCUT2D eigenvalue weighted by molar-refractivity contribution is -0.117. The summed E-state index contributed by atoms with van der Waals surface area (Å²) >= 11 is 3.39. The molecule has 0 aliphatic rings. The van der Waals surface area contributed by atoms with Crippen LogP contribution in [-0.4, -0.2) is 11.9 Å². The second-order valence-electron chi connectivity index (χ2n) is 5.26. The molecule has 0 spiro atoms. The summed E-state index contributed by atoms with van der Waals surface area (Å²) in [6.07, 6.45) is 4.30. The van der Waals surface area contributed by atoms with Gasteiger partial charge < -0.3 is 5.32 Å². The normalized spacial score (nSPS) is 12.8. The van der Waals surface area contributed by atoms with E-state index in [1.807, 2.05) is 29.8 Å². The van der Waals surface area contributed by atoms with E-state index in [2.05, 4.69) is 35.0 Å². The first-order chi connectivity index (χ1) is 10.7. The molecule has 2 heterocycles. The van der Waals surface area contributed by atoms with Crippen molar-refractivity contribution in [2.45, 2.75) is 19.4 Å². The van der Waals surface area contributed by atoms with Gasteiger partial charge >= 0.3 is 0 Å². The molecular weight excluding hydrogens is 310 g/mol. The second kappa shape index (κ2) is 6.90. The van der Waals surface area contributed by atoms with Crippen LogP contribution in [0.1, 0.15) is 18.1 Å². The van der Waals surface area contributed by atoms with Crippen LogP contribution in [0.4, 0.5) is 0 Å². The van der Waals surface area contributed by atoms with E-state index >= 15 is 0 Å². The van der Waals surface area contributed by atoms with Crippen LogP contribution in [0.25, 0.3) is 16.2 Å². The summed E-state index contributed by atoms with van der Waals surface area (Å²) in [5, 5.41) is 10.5. The van der Waals surface area contributed by atoms with Crippen molar-refractivity contribution < 1.29 is 4.79 Å². The number of hydrogen-bond acceptors (Lipinski definition) is 3. The lowest BCUT2D eigenvalue weighted by atomic mass is 10.1. The van der Waals surface area contributed by atoms with E-state index in [1.54, 1.807) is 28.7 Å². The molecule has 1 unspecified atom stereocenters. The van der Waals surface area contributed by atoms with Crippen LogP contribution < -0.4 is 5.32 Å². The van der Waals surface area contributed by atoms with Gasteiger partial charge in [-0.05, 0) is 64.2 Å². The minimum absolute atomic E-state index is 0.0433. The summed E-state index contributed by atoms with van der Waals surface area (Å²) < 4.78 is 1.30. The average molecular weight is 327 g/mol. The van der Waals surface area contributed by atoms with E-state index in [0.717, 1.165) is 12.0 Å². The van der Waals surface area contributed by atoms with Crippen molar-refractivity contribution >= 4 is 44.7 Å². The molecule has 1 N–H and O–H groups in total. The molecule has 0 saturated heterocycles. The molecule has 0 aliphatic carbocycles. The van der Waals surface area contributed by atoms with Gasteiger partial charge in [0.2, 0.25) is 5.91 Å². The predicted molar refractivity (Wildman–Crippen MR) is 96.5 cm³/mol. The van der Waals surface area contributed by atoms with Crippen LogP contribution in [0.15, 0.2) is 52.5 Å². The lowest BCUT2D eigenvalue weighted by Crippen LogP contribution is -2.32. The minimum Gasteiger partial charge on any atom is -0.350 e. The Balaban J connectivity index is 1.60. The molecule has 0 aliphatic heterocycles. The van der Waals surface area contributed by atoms with E-state index in [9.17, 15) is 4.79 Å². The first-order valence-electron chi connectivity index (χ1n) is 7.18. The van der Waals surface area contributed by atoms with Crippen LogP contribution >= 0.6 is 22.7 Å². The number of benzene rings is 1. The van der Waals surface area contributed by atoms with Crippen LogP contribution in [0.5, 0.6) is 0 Å². The van der Waals surface area contributed by atoms with Gasteiger partial charge in [0.25, 0.3) is 0 Å². The van der Waals surface area contributed by atoms with Gasteiger partial charge in [-0.25, -0.2) is 0 Å². The van der Waals surface area contributed by atoms with Gasteiger partial charge in [0, 0.05) is 16.8 Å². The molecular formula is C18H17NOS2. The summed E-state index contributed by atoms with van der Waals surface area (Å²) in [7, 11) is 0. The summed E-state index contributed by atoms with van der Waals surface area (Å²) in [6.45, 7) is 2.04. The van der Waals surface area contributed by atoms with Crippen LogP contribution in [0, 0.1) is 0 Å². The fraction of sp³-hybridized carbons (Fsp3) is 0.167. The summed E-state index contributed by atoms with van der Waals surface area (Å²) in [4.78, 5) is 11.9. The Kier molecular flexibility index (Phi) is 4.71. The molecule has 3 aromatic rings. The van der Waals surface area contributed by atoms with Crippen molar-refractivity contribution in [3.8, 4) is 0 Å². The fourth-order valence-corrected chi connectivity index (χ4v) is 4.01. The van der Waals surface area contributed by atoms with Crippen molar-refractivity contribution in [3.63, 3.8) is 0 Å². The van der Waals surface area contributed by atoms with Crippen molar-refractivity contribution in [3.05, 3.63) is 63.7 Å². The van der Waals surface area contributed by atoms with E-state index in [-0.39, 0.29) is 11.9 Å². The number of amides is 1. The largest absolute Gasteiger partial charge is 0.350 e. The maximum atomic E-state index is 11.9. The molecule has 0 saturated carbocycles. The number of nitrogens with one attached hydrogen (secondary N) is 1. The van der Waals surface area contributed by atoms with E-state index in [4.69, 9.17) is 0 Å². The van der Waals surface area contributed by atoms with Gasteiger partial charge in [0.1, 0.15) is 0 Å². The highest BCUT2D eigenvalue weighted by molar-refractivity contribution is 7.17. The number of rotatable bonds is 5. The number of hydrogen-bond donors (Lipinski definition) is 1. The lowest BCUT2D eigenvalue weighted by Gasteiger charge is -2.12. The van der Waals surface area contributed by atoms with Gasteiger partial charge in [-0.3, -0.25) is 4.79 Å². The molecule has 3 rings (SSSR count). The number of fused-ring (bicyclic) bond motifs is 1. The van der Waals surface area contributed by atoms with E-state index in [1.165, 1.54) is 15.6 Å². The van der Waals surface area contributed by atoms with Crippen LogP contribution in [-0.2, 0) is 11.2 Å². The Morgan fingerprint density at radius 2 is 2.14 bits per heavy atom. The quantitative estimate of drug-likeness (QED) is 0.675. The molecule has 1 atom stereocenters. The van der Waals surface area contributed by atoms with E-state index in [0.29, 0.717) is 0 Å². The number of carbonyl (C=O) groups excluding carboxylic acids is 1. The Labute approximate surface area is 138 Å². The van der Waals surface area contributed by atoms with Gasteiger partial charge in [-0.1, -0.05) is 18.2 Å². The summed E-state index contributed by atoms with van der Waals surface area (Å²) in [6, 6.07) is 10.5. The average Bonchev–Trinajstić information content (AvgIpc) is 3.15. The maximum Gasteiger partial charge on any atom is 0.244 e. The molecule has 112 valence electrons. The Bertz CT molecular complexity index is 786. The third kappa shape index (κ3) is 3.64. The molecule has 4 heteroatoms. The third-order valence-corrected chi connectivity index (χ3v) is 5.16. The summed E-state index contributed by atoms with van der Waals surface area (Å²) in [5.74, 6) is -0.0433. The highest BCUT2D eigenvalue weighted by atomic mass is 32.1. The Morgan fingerprint density at radius 3 is 2.95 bits per heavy atom. The fourth-order valence-electron chi connectivity index (χ4n) is 2.40. The van der Waals surface area contributed by atoms with Crippen LogP contribution in [0.3, 0.4) is 0 Å². The molecule has 2 aromatic heterocycles. The number of thiophene rings is 2. The van der Waals surface area contributed by atoms with E-state index < -0.39 is 0 Å². The zero-order valence-electron chi connectivity index (χ0n) is 12.3. The molecule has 0 fully saturated rings. The zero-order chi connectivity index (χ0) is 15.4. The first kappa shape index (κ1) is 15.0. The second-order valence-corrected chi connectivity index (χ2v) is 6.95. The summed E-state index contributed by atoms with van der Waals surface area (Å²) in [5.41, 5.74) is 2.37. The maximum absolute atomic E-state index is 11.9. The van der Waals surface area contributed by atoms with Crippen molar-refractivity contribution in [2.24, 2.45) is 0 Å². The highest BCUT2D eigenvalue weighted by Crippen LogP contribution is 2.26. The standard InChI is InChI=1S/C18H17NOS2/c1-13(19-18(20)7-6-14-8-9-21-11-14)10-15-12-22-17-5-3-2-4-16(15)17/h2-9,11-13H,10H2,1H3,(H,19,20). The topological polar surface area (TPSA) is 29.1 Å². The molecule has 22 heavy (non-hydrogen) atoms. The smallest absolute Gasteiger partial charge is 0.244 e. The third-order valence-electron chi connectivity index (χ3n) is 3.45. The minimum atomic E-state index is -0.0433. The predicted octanol–water partition coefficient (Wildman–Crippen LogP) is 4.72. The monoisotopic (exact) mass is 327 g/mol. The van der Waals surface area contributed by atoms with Crippen molar-refractivity contribution in [2.75, 3.05) is 0 Å². The highest BCUT2D eigenvalue weighted by Gasteiger charge is 2.09. The van der Waals surface area contributed by atoms with Crippen LogP contribution in [0.2, 0.25) is 0 Å². The Hall–Kier alpha value is -1.91. The molecule has 2 nitrogen and oxygen atoms in total. The van der Waals surface area contributed by atoms with Gasteiger partial charge in [-0.15, -0.1) is 11.3 Å². The van der Waals surface area contributed by atoms with Gasteiger partial charge in [0.15, 0.2) is 0 Å². The van der Waals surface area contributed by atoms with Crippen molar-refractivity contribution in [1.29, 1.82) is 0 Å². The molecule has 1 aromatic carbocycles. The Morgan fingerprint density at radius 1 is 1.27 bits per heavy atom.